The molecule has 130 valence electrons. The average Bonchev–Trinajstić information content (AvgIpc) is 2.45. The lowest BCUT2D eigenvalue weighted by Crippen LogP contribution is -2.63. The molecule has 0 amide bonds. The van der Waals surface area contributed by atoms with Crippen LogP contribution in [0.3, 0.4) is 0 Å². The predicted molar refractivity (Wildman–Crippen MR) is 81.1 cm³/mol. The largest absolute Gasteiger partial charge is 0.395 e. The van der Waals surface area contributed by atoms with E-state index in [1.54, 1.807) is 13.8 Å². The minimum atomic E-state index is -1.21. The Balaban J connectivity index is 1.90. The molecule has 2 fully saturated rings. The van der Waals surface area contributed by atoms with Crippen LogP contribution in [0.1, 0.15) is 39.5 Å². The maximum Gasteiger partial charge on any atom is 0.109 e. The summed E-state index contributed by atoms with van der Waals surface area (Å²) < 4.78 is 14.0. The van der Waals surface area contributed by atoms with Crippen LogP contribution in [0.4, 0.5) is 4.39 Å². The van der Waals surface area contributed by atoms with E-state index < -0.39 is 30.0 Å². The van der Waals surface area contributed by atoms with Crippen LogP contribution < -0.4 is 0 Å². The molecule has 2 rings (SSSR count). The van der Waals surface area contributed by atoms with E-state index in [1.165, 1.54) is 0 Å². The minimum absolute atomic E-state index is 0.0942. The monoisotopic (exact) mass is 319 g/mol. The zero-order valence-corrected chi connectivity index (χ0v) is 13.5. The van der Waals surface area contributed by atoms with E-state index in [0.29, 0.717) is 12.5 Å². The summed E-state index contributed by atoms with van der Waals surface area (Å²) in [5.41, 5.74) is -1.14. The molecule has 0 unspecified atom stereocenters. The van der Waals surface area contributed by atoms with E-state index in [4.69, 9.17) is 0 Å². The van der Waals surface area contributed by atoms with Crippen LogP contribution >= 0.6 is 0 Å². The van der Waals surface area contributed by atoms with Gasteiger partial charge in [-0.05, 0) is 51.4 Å². The van der Waals surface area contributed by atoms with Crippen LogP contribution in [-0.4, -0.2) is 75.0 Å². The Kier molecular flexibility index (Phi) is 5.83. The molecule has 1 aliphatic carbocycles. The molecule has 1 saturated carbocycles. The molecule has 1 aliphatic heterocycles. The molecule has 4 atom stereocenters. The van der Waals surface area contributed by atoms with Crippen molar-refractivity contribution in [3.63, 3.8) is 0 Å². The number of likely N-dealkylation sites (tertiary alicyclic amines) is 1. The molecule has 5 nitrogen and oxygen atoms in total. The van der Waals surface area contributed by atoms with Gasteiger partial charge in [-0.2, -0.15) is 0 Å². The van der Waals surface area contributed by atoms with Gasteiger partial charge in [-0.15, -0.1) is 0 Å². The molecule has 0 radical (unpaired) electrons. The molecule has 0 bridgehead atoms. The summed E-state index contributed by atoms with van der Waals surface area (Å²) in [5, 5.41) is 39.0. The van der Waals surface area contributed by atoms with Gasteiger partial charge in [0.1, 0.15) is 17.9 Å². The highest BCUT2D eigenvalue weighted by molar-refractivity contribution is 4.95. The molecule has 0 aromatic carbocycles. The van der Waals surface area contributed by atoms with E-state index in [9.17, 15) is 24.8 Å². The Morgan fingerprint density at radius 2 is 1.64 bits per heavy atom. The van der Waals surface area contributed by atoms with Gasteiger partial charge in [-0.1, -0.05) is 0 Å². The van der Waals surface area contributed by atoms with E-state index in [0.717, 1.165) is 25.7 Å². The molecule has 0 spiro atoms. The van der Waals surface area contributed by atoms with Crippen LogP contribution in [0.2, 0.25) is 0 Å². The molecule has 0 aromatic rings. The van der Waals surface area contributed by atoms with Crippen LogP contribution in [0.15, 0.2) is 0 Å². The van der Waals surface area contributed by atoms with Crippen molar-refractivity contribution in [3.05, 3.63) is 0 Å². The van der Waals surface area contributed by atoms with Crippen molar-refractivity contribution in [1.29, 1.82) is 0 Å². The second-order valence-electron chi connectivity index (χ2n) is 7.53. The van der Waals surface area contributed by atoms with Gasteiger partial charge in [0, 0.05) is 13.1 Å². The van der Waals surface area contributed by atoms with Gasteiger partial charge in [0.15, 0.2) is 0 Å². The van der Waals surface area contributed by atoms with Crippen LogP contribution in [-0.2, 0) is 0 Å². The Morgan fingerprint density at radius 3 is 2.14 bits per heavy atom. The third kappa shape index (κ3) is 3.97. The molecule has 0 aromatic heterocycles. The van der Waals surface area contributed by atoms with Gasteiger partial charge >= 0.3 is 0 Å². The molecule has 1 heterocycles. The standard InChI is InChI=1S/C16H30FNO4/c1-16(2,17)11-5-3-10(4-6-11)7-18-8-13(20)15(22)14(21)12(18)9-19/h10-15,19-22H,3-9H2,1-2H3/t10?,11?,12-,13-,14+,15+/m0/s1. The van der Waals surface area contributed by atoms with Gasteiger partial charge in [0.05, 0.1) is 18.8 Å². The van der Waals surface area contributed by atoms with Gasteiger partial charge in [0.25, 0.3) is 0 Å². The lowest BCUT2D eigenvalue weighted by molar-refractivity contribution is -0.148. The number of halogens is 1. The first kappa shape index (κ1) is 18.1. The fourth-order valence-electron chi connectivity index (χ4n) is 3.95. The maximum absolute atomic E-state index is 14.0. The molecular formula is C16H30FNO4. The number of nitrogens with zero attached hydrogens (tertiary/aromatic N) is 1. The van der Waals surface area contributed by atoms with Crippen molar-refractivity contribution in [1.82, 2.24) is 4.90 Å². The first-order chi connectivity index (χ1) is 10.2. The zero-order chi connectivity index (χ0) is 16.5. The van der Waals surface area contributed by atoms with E-state index >= 15 is 0 Å². The van der Waals surface area contributed by atoms with Gasteiger partial charge in [-0.25, -0.2) is 4.39 Å². The van der Waals surface area contributed by atoms with E-state index in [2.05, 4.69) is 0 Å². The number of piperidine rings is 1. The lowest BCUT2D eigenvalue weighted by Gasteiger charge is -2.45. The molecule has 6 heteroatoms. The van der Waals surface area contributed by atoms with Crippen molar-refractivity contribution >= 4 is 0 Å². The van der Waals surface area contributed by atoms with Gasteiger partial charge < -0.3 is 20.4 Å². The number of alkyl halides is 1. The molecule has 1 saturated heterocycles. The van der Waals surface area contributed by atoms with Crippen LogP contribution in [0.25, 0.3) is 0 Å². The smallest absolute Gasteiger partial charge is 0.109 e. The summed E-state index contributed by atoms with van der Waals surface area (Å²) in [6.45, 7) is 3.93. The second kappa shape index (κ2) is 7.09. The number of hydrogen-bond acceptors (Lipinski definition) is 5. The summed E-state index contributed by atoms with van der Waals surface area (Å²) in [4.78, 5) is 1.87. The Labute approximate surface area is 131 Å². The van der Waals surface area contributed by atoms with Crippen molar-refractivity contribution in [3.8, 4) is 0 Å². The molecule has 22 heavy (non-hydrogen) atoms. The first-order valence-corrected chi connectivity index (χ1v) is 8.32. The highest BCUT2D eigenvalue weighted by atomic mass is 19.1. The summed E-state index contributed by atoms with van der Waals surface area (Å²) in [6, 6.07) is -0.547. The Bertz CT molecular complexity index is 355. The third-order valence-corrected chi connectivity index (χ3v) is 5.53. The summed E-state index contributed by atoms with van der Waals surface area (Å²) >= 11 is 0. The maximum atomic E-state index is 14.0. The number of rotatable bonds is 4. The quantitative estimate of drug-likeness (QED) is 0.599. The first-order valence-electron chi connectivity index (χ1n) is 8.32. The zero-order valence-electron chi connectivity index (χ0n) is 13.5. The van der Waals surface area contributed by atoms with Crippen molar-refractivity contribution < 1.29 is 24.8 Å². The number of β-amino-alcohol motifs (C(OH)–C–C–N with tert-alkyl or cyclic N) is 1. The lowest BCUT2D eigenvalue weighted by atomic mass is 9.75. The predicted octanol–water partition coefficient (Wildman–Crippen LogP) is 0.300. The molecule has 2 aliphatic rings. The SMILES string of the molecule is CC(C)(F)C1CCC(CN2C[C@H](O)[C@@H](O)[C@H](O)[C@@H]2CO)CC1. The Morgan fingerprint density at radius 1 is 1.05 bits per heavy atom. The van der Waals surface area contributed by atoms with Crippen molar-refractivity contribution in [2.75, 3.05) is 19.7 Å². The average molecular weight is 319 g/mol. The molecule has 4 N–H and O–H groups in total. The van der Waals surface area contributed by atoms with Crippen LogP contribution in [0, 0.1) is 11.8 Å². The fourth-order valence-corrected chi connectivity index (χ4v) is 3.95. The van der Waals surface area contributed by atoms with Crippen molar-refractivity contribution in [2.24, 2.45) is 11.8 Å². The highest BCUT2D eigenvalue weighted by Crippen LogP contribution is 2.38. The fraction of sp³-hybridized carbons (Fsp3) is 1.00. The number of aliphatic hydroxyl groups is 4. The topological polar surface area (TPSA) is 84.2 Å². The summed E-state index contributed by atoms with van der Waals surface area (Å²) in [5.74, 6) is 0.471. The Hall–Kier alpha value is -0.270. The minimum Gasteiger partial charge on any atom is -0.395 e. The van der Waals surface area contributed by atoms with Crippen molar-refractivity contribution in [2.45, 2.75) is 69.6 Å². The summed E-state index contributed by atoms with van der Waals surface area (Å²) in [6.07, 6.45) is 0.173. The normalized spacial score (nSPS) is 41.6. The number of hydrogen-bond donors (Lipinski definition) is 4. The number of aliphatic hydroxyl groups excluding tert-OH is 4. The second-order valence-corrected chi connectivity index (χ2v) is 7.53. The molecular weight excluding hydrogens is 289 g/mol. The van der Waals surface area contributed by atoms with Gasteiger partial charge in [0.2, 0.25) is 0 Å². The van der Waals surface area contributed by atoms with E-state index in [1.807, 2.05) is 4.90 Å². The van der Waals surface area contributed by atoms with Crippen LogP contribution in [0.5, 0.6) is 0 Å². The van der Waals surface area contributed by atoms with E-state index in [-0.39, 0.29) is 19.1 Å². The summed E-state index contributed by atoms with van der Waals surface area (Å²) in [7, 11) is 0. The van der Waals surface area contributed by atoms with Gasteiger partial charge in [-0.3, -0.25) is 4.90 Å². The highest BCUT2D eigenvalue weighted by Gasteiger charge is 2.42. The third-order valence-electron chi connectivity index (χ3n) is 5.53.